The Hall–Kier alpha value is -0.320. The zero-order valence-electron chi connectivity index (χ0n) is 11.2. The standard InChI is InChI=1S/C12H25N3O.ClH/c1-10(2)8-15-5-4-11(9-15)6-14-12(16)7-13-3;/h10-11,13H,4-9H2,1-3H3,(H,14,16);1H. The quantitative estimate of drug-likeness (QED) is 0.742. The molecule has 1 aliphatic rings. The van der Waals surface area contributed by atoms with Crippen molar-refractivity contribution >= 4 is 18.3 Å². The van der Waals surface area contributed by atoms with Crippen LogP contribution in [-0.4, -0.2) is 50.6 Å². The van der Waals surface area contributed by atoms with Crippen molar-refractivity contribution in [1.82, 2.24) is 15.5 Å². The van der Waals surface area contributed by atoms with E-state index in [4.69, 9.17) is 0 Å². The molecule has 0 bridgehead atoms. The molecular weight excluding hydrogens is 238 g/mol. The van der Waals surface area contributed by atoms with Gasteiger partial charge in [-0.25, -0.2) is 0 Å². The van der Waals surface area contributed by atoms with E-state index in [1.807, 2.05) is 0 Å². The summed E-state index contributed by atoms with van der Waals surface area (Å²) in [6.07, 6.45) is 1.21. The van der Waals surface area contributed by atoms with Crippen molar-refractivity contribution in [2.24, 2.45) is 11.8 Å². The maximum Gasteiger partial charge on any atom is 0.233 e. The number of hydrogen-bond donors (Lipinski definition) is 2. The first-order valence-corrected chi connectivity index (χ1v) is 6.25. The molecule has 0 aromatic rings. The molecule has 2 N–H and O–H groups in total. The van der Waals surface area contributed by atoms with Gasteiger partial charge in [0.15, 0.2) is 0 Å². The highest BCUT2D eigenvalue weighted by Crippen LogP contribution is 2.16. The SMILES string of the molecule is CNCC(=O)NCC1CCN(CC(C)C)C1.Cl. The predicted octanol–water partition coefficient (Wildman–Crippen LogP) is 0.722. The lowest BCUT2D eigenvalue weighted by Crippen LogP contribution is -2.36. The normalized spacial score (nSPS) is 20.4. The van der Waals surface area contributed by atoms with E-state index in [-0.39, 0.29) is 18.3 Å². The van der Waals surface area contributed by atoms with Crippen LogP contribution in [0.5, 0.6) is 0 Å². The minimum Gasteiger partial charge on any atom is -0.355 e. The Kier molecular flexibility index (Phi) is 8.56. The molecule has 4 nitrogen and oxygen atoms in total. The monoisotopic (exact) mass is 263 g/mol. The third-order valence-electron chi connectivity index (χ3n) is 2.92. The minimum absolute atomic E-state index is 0. The number of carbonyl (C=O) groups is 1. The summed E-state index contributed by atoms with van der Waals surface area (Å²) >= 11 is 0. The molecule has 1 atom stereocenters. The van der Waals surface area contributed by atoms with Gasteiger partial charge in [-0.05, 0) is 31.8 Å². The van der Waals surface area contributed by atoms with Crippen molar-refractivity contribution in [3.8, 4) is 0 Å². The van der Waals surface area contributed by atoms with Gasteiger partial charge in [0.1, 0.15) is 0 Å². The Bertz CT molecular complexity index is 224. The van der Waals surface area contributed by atoms with Gasteiger partial charge in [0.05, 0.1) is 6.54 Å². The average Bonchev–Trinajstić information content (AvgIpc) is 2.62. The fraction of sp³-hybridized carbons (Fsp3) is 0.917. The maximum atomic E-state index is 11.3. The van der Waals surface area contributed by atoms with E-state index in [9.17, 15) is 4.79 Å². The van der Waals surface area contributed by atoms with Gasteiger partial charge in [0.2, 0.25) is 5.91 Å². The summed E-state index contributed by atoms with van der Waals surface area (Å²) in [7, 11) is 1.79. The molecule has 0 aromatic carbocycles. The van der Waals surface area contributed by atoms with E-state index in [0.29, 0.717) is 12.5 Å². The van der Waals surface area contributed by atoms with Gasteiger partial charge >= 0.3 is 0 Å². The number of likely N-dealkylation sites (tertiary alicyclic amines) is 1. The lowest BCUT2D eigenvalue weighted by atomic mass is 10.1. The molecule has 1 unspecified atom stereocenters. The van der Waals surface area contributed by atoms with Crippen molar-refractivity contribution in [2.75, 3.05) is 39.8 Å². The zero-order valence-corrected chi connectivity index (χ0v) is 12.0. The van der Waals surface area contributed by atoms with Gasteiger partial charge in [-0.1, -0.05) is 13.8 Å². The number of rotatable bonds is 6. The average molecular weight is 264 g/mol. The summed E-state index contributed by atoms with van der Waals surface area (Å²) in [5, 5.41) is 5.83. The highest BCUT2D eigenvalue weighted by atomic mass is 35.5. The Morgan fingerprint density at radius 1 is 1.47 bits per heavy atom. The first-order chi connectivity index (χ1) is 7.61. The summed E-state index contributed by atoms with van der Waals surface area (Å²) < 4.78 is 0. The van der Waals surface area contributed by atoms with Crippen LogP contribution in [0.4, 0.5) is 0 Å². The van der Waals surface area contributed by atoms with Crippen molar-refractivity contribution in [3.63, 3.8) is 0 Å². The van der Waals surface area contributed by atoms with Crippen molar-refractivity contribution in [2.45, 2.75) is 20.3 Å². The second-order valence-electron chi connectivity index (χ2n) is 5.14. The van der Waals surface area contributed by atoms with E-state index < -0.39 is 0 Å². The Balaban J connectivity index is 0.00000256. The smallest absolute Gasteiger partial charge is 0.233 e. The number of nitrogens with zero attached hydrogens (tertiary/aromatic N) is 1. The lowest BCUT2D eigenvalue weighted by molar-refractivity contribution is -0.120. The lowest BCUT2D eigenvalue weighted by Gasteiger charge is -2.18. The van der Waals surface area contributed by atoms with Crippen molar-refractivity contribution < 1.29 is 4.79 Å². The second-order valence-corrected chi connectivity index (χ2v) is 5.14. The largest absolute Gasteiger partial charge is 0.355 e. The van der Waals surface area contributed by atoms with E-state index in [1.165, 1.54) is 19.5 Å². The predicted molar refractivity (Wildman–Crippen MR) is 73.6 cm³/mol. The van der Waals surface area contributed by atoms with E-state index in [0.717, 1.165) is 19.0 Å². The molecule has 1 rings (SSSR count). The molecule has 17 heavy (non-hydrogen) atoms. The first-order valence-electron chi connectivity index (χ1n) is 6.25. The highest BCUT2D eigenvalue weighted by molar-refractivity contribution is 5.85. The number of halogens is 1. The number of nitrogens with one attached hydrogen (secondary N) is 2. The Morgan fingerprint density at radius 2 is 2.18 bits per heavy atom. The van der Waals surface area contributed by atoms with Crippen LogP contribution in [0.15, 0.2) is 0 Å². The fourth-order valence-electron chi connectivity index (χ4n) is 2.24. The summed E-state index contributed by atoms with van der Waals surface area (Å²) in [6.45, 7) is 9.26. The molecule has 0 radical (unpaired) electrons. The number of amides is 1. The summed E-state index contributed by atoms with van der Waals surface area (Å²) in [4.78, 5) is 13.8. The molecule has 0 spiro atoms. The minimum atomic E-state index is 0. The van der Waals surface area contributed by atoms with Gasteiger partial charge < -0.3 is 15.5 Å². The summed E-state index contributed by atoms with van der Waals surface area (Å²) in [5.41, 5.74) is 0. The third-order valence-corrected chi connectivity index (χ3v) is 2.92. The highest BCUT2D eigenvalue weighted by Gasteiger charge is 2.22. The molecule has 0 aliphatic carbocycles. The van der Waals surface area contributed by atoms with E-state index in [1.54, 1.807) is 7.05 Å². The van der Waals surface area contributed by atoms with Crippen LogP contribution in [0, 0.1) is 11.8 Å². The molecule has 1 amide bonds. The molecule has 5 heteroatoms. The van der Waals surface area contributed by atoms with Crippen molar-refractivity contribution in [1.29, 1.82) is 0 Å². The Labute approximate surface area is 111 Å². The molecule has 1 heterocycles. The number of likely N-dealkylation sites (N-methyl/N-ethyl adjacent to an activating group) is 1. The summed E-state index contributed by atoms with van der Waals surface area (Å²) in [5.74, 6) is 1.47. The molecule has 1 aliphatic heterocycles. The third kappa shape index (κ3) is 6.86. The molecule has 0 saturated carbocycles. The van der Waals surface area contributed by atoms with Gasteiger partial charge in [-0.3, -0.25) is 4.79 Å². The van der Waals surface area contributed by atoms with E-state index >= 15 is 0 Å². The first kappa shape index (κ1) is 16.7. The Morgan fingerprint density at radius 3 is 2.76 bits per heavy atom. The fourth-order valence-corrected chi connectivity index (χ4v) is 2.24. The molecule has 102 valence electrons. The molecule has 1 fully saturated rings. The van der Waals surface area contributed by atoms with Crippen LogP contribution < -0.4 is 10.6 Å². The molecule has 1 saturated heterocycles. The zero-order chi connectivity index (χ0) is 12.0. The van der Waals surface area contributed by atoms with Crippen LogP contribution in [0.1, 0.15) is 20.3 Å². The molecule has 0 aromatic heterocycles. The van der Waals surface area contributed by atoms with Gasteiger partial charge in [0, 0.05) is 19.6 Å². The van der Waals surface area contributed by atoms with Crippen LogP contribution in [0.2, 0.25) is 0 Å². The van der Waals surface area contributed by atoms with Crippen LogP contribution >= 0.6 is 12.4 Å². The van der Waals surface area contributed by atoms with Gasteiger partial charge in [-0.15, -0.1) is 12.4 Å². The summed E-state index contributed by atoms with van der Waals surface area (Å²) in [6, 6.07) is 0. The topological polar surface area (TPSA) is 44.4 Å². The van der Waals surface area contributed by atoms with Crippen LogP contribution in [-0.2, 0) is 4.79 Å². The van der Waals surface area contributed by atoms with Gasteiger partial charge in [-0.2, -0.15) is 0 Å². The van der Waals surface area contributed by atoms with Crippen LogP contribution in [0.3, 0.4) is 0 Å². The number of carbonyl (C=O) groups excluding carboxylic acids is 1. The number of hydrogen-bond acceptors (Lipinski definition) is 3. The molecular formula is C12H26ClN3O. The van der Waals surface area contributed by atoms with Crippen molar-refractivity contribution in [3.05, 3.63) is 0 Å². The maximum absolute atomic E-state index is 11.3. The van der Waals surface area contributed by atoms with E-state index in [2.05, 4.69) is 29.4 Å². The second kappa shape index (κ2) is 8.72. The van der Waals surface area contributed by atoms with Gasteiger partial charge in [0.25, 0.3) is 0 Å². The van der Waals surface area contributed by atoms with Crippen LogP contribution in [0.25, 0.3) is 0 Å².